The molecule has 0 aromatic heterocycles. The van der Waals surface area contributed by atoms with E-state index in [0.717, 1.165) is 90.3 Å². The minimum absolute atomic E-state index is 0. The van der Waals surface area contributed by atoms with Gasteiger partial charge in [-0.05, 0) is 95.4 Å². The molecule has 0 bridgehead atoms. The number of esters is 6. The summed E-state index contributed by atoms with van der Waals surface area (Å²) in [4.78, 5) is 67.3. The van der Waals surface area contributed by atoms with Crippen molar-refractivity contribution in [3.63, 3.8) is 0 Å². The first-order valence-corrected chi connectivity index (χ1v) is 38.5. The van der Waals surface area contributed by atoms with Crippen LogP contribution in [0.1, 0.15) is 209 Å². The molecule has 0 aliphatic carbocycles. The smallest absolute Gasteiger partial charge is 0.310 e. The Labute approximate surface area is 673 Å². The predicted molar refractivity (Wildman–Crippen MR) is 424 cm³/mol. The molecule has 6 saturated heterocycles. The van der Waals surface area contributed by atoms with Crippen LogP contribution in [0.3, 0.4) is 0 Å². The van der Waals surface area contributed by atoms with Gasteiger partial charge in [0.1, 0.15) is 67.6 Å². The van der Waals surface area contributed by atoms with Crippen LogP contribution < -0.4 is 0 Å². The summed E-state index contributed by atoms with van der Waals surface area (Å²) in [5, 5.41) is 78.0. The van der Waals surface area contributed by atoms with E-state index in [9.17, 15) is 54.3 Å². The van der Waals surface area contributed by atoms with Gasteiger partial charge in [-0.3, -0.25) is 28.8 Å². The largest absolute Gasteiger partial charge is 0.463 e. The van der Waals surface area contributed by atoms with Crippen molar-refractivity contribution < 1.29 is 141 Å². The molecule has 0 aromatic carbocycles. The number of carbonyl (C=O) groups is 6. The summed E-state index contributed by atoms with van der Waals surface area (Å²) in [6.07, 6.45) is 10.1. The van der Waals surface area contributed by atoms with E-state index in [-0.39, 0.29) is 121 Å². The zero-order valence-electron chi connectivity index (χ0n) is 67.7. The molecule has 32 heteroatoms. The Morgan fingerprint density at radius 3 is 1.02 bits per heavy atom. The van der Waals surface area contributed by atoms with Crippen molar-refractivity contribution >= 4 is 35.8 Å². The molecule has 25 atom stereocenters. The van der Waals surface area contributed by atoms with Crippen molar-refractivity contribution in [3.05, 3.63) is 61.1 Å². The summed E-state index contributed by atoms with van der Waals surface area (Å²) < 4.78 is 81.0. The molecule has 0 aromatic rings. The van der Waals surface area contributed by atoms with Crippen LogP contribution >= 0.6 is 0 Å². The van der Waals surface area contributed by atoms with Crippen LogP contribution in [-0.4, -0.2) is 254 Å². The van der Waals surface area contributed by atoms with Crippen LogP contribution in [-0.2, 0) is 99.8 Å². The van der Waals surface area contributed by atoms with Crippen molar-refractivity contribution in [2.45, 2.75) is 314 Å². The first-order chi connectivity index (χ1) is 52.2. The topological polar surface area (TPSA) is 451 Å². The molecule has 662 valence electrons. The number of carbonyl (C=O) groups excluding carboxylic acids is 6. The van der Waals surface area contributed by atoms with Crippen molar-refractivity contribution in [1.82, 2.24) is 0 Å². The first-order valence-electron chi connectivity index (χ1n) is 38.5. The molecule has 6 heterocycles. The third-order valence-electron chi connectivity index (χ3n) is 19.1. The SMILES string of the molecule is C.C.C.C1CCOC1.C=CCCCCO[C@H]1OC(CN=[N+]=[N-])[C@H](OC(C)=O)[C@H](C)C1C.C=CCCCCO[C@H]1OC(CO)[C@H](O)[C@H](O)C1C.C=CCCCCO[C@H]1OC(CO)[C@H](OC(C)=O)[C@H](C)C1C.C=CCCCCO[C@H]1OC(COC(C)=O)[C@H](OC(C)=O)[C@H](C)C1C.CC(=O)OC(C)=O.CC1C(O)OC(CO)[C@H](O)[C@@H]1O. The number of unbranched alkanes of at least 4 members (excludes halogenated alkanes) is 8. The van der Waals surface area contributed by atoms with Crippen molar-refractivity contribution in [2.24, 2.45) is 52.5 Å². The Morgan fingerprint density at radius 1 is 0.407 bits per heavy atom. The molecule has 0 spiro atoms. The number of aliphatic hydroxyl groups is 8. The highest BCUT2D eigenvalue weighted by molar-refractivity contribution is 5.82. The fourth-order valence-corrected chi connectivity index (χ4v) is 11.9. The number of aliphatic hydroxyl groups excluding tert-OH is 8. The Balaban J connectivity index is -0.000000635. The Hall–Kier alpha value is -5.43. The van der Waals surface area contributed by atoms with Crippen molar-refractivity contribution in [2.75, 3.05) is 72.6 Å². The van der Waals surface area contributed by atoms with E-state index in [2.05, 4.69) is 41.1 Å². The number of hydrogen-bond acceptors (Lipinski definition) is 30. The second kappa shape index (κ2) is 66.6. The van der Waals surface area contributed by atoms with Gasteiger partial charge in [0.25, 0.3) is 0 Å². The second-order valence-electron chi connectivity index (χ2n) is 28.1. The van der Waals surface area contributed by atoms with E-state index in [4.69, 9.17) is 87.2 Å². The van der Waals surface area contributed by atoms with Gasteiger partial charge in [0.05, 0.1) is 38.6 Å². The van der Waals surface area contributed by atoms with Gasteiger partial charge >= 0.3 is 35.8 Å². The highest BCUT2D eigenvalue weighted by Crippen LogP contribution is 2.37. The molecule has 6 aliphatic rings. The van der Waals surface area contributed by atoms with E-state index in [1.807, 2.05) is 65.8 Å². The van der Waals surface area contributed by atoms with E-state index in [1.54, 1.807) is 13.8 Å². The predicted octanol–water partition coefficient (Wildman–Crippen LogP) is 10.0. The Morgan fingerprint density at radius 2 is 0.717 bits per heavy atom. The van der Waals surface area contributed by atoms with E-state index in [0.29, 0.717) is 26.4 Å². The standard InChI is InChI=1S/C18H30O6.C16H27N3O4.C16H28O5.C13H24O5.C7H14O5.C4H6O3.C4H8O.3CH4/c1-6-7-8-9-10-21-18-13(3)12(2)17(23-15(5)20)16(24-18)11-22-14(4)19;1-5-6-7-8-9-21-16-12(3)11(2)15(22-13(4)20)14(23-16)10-18-19-17;1-5-6-7-8-9-19-16-12(3)11(2)15(20-13(4)18)14(10-17)21-16;1-3-4-5-6-7-17-13-9(2)11(15)12(16)10(8-14)18-13;1-3-5(9)6(10)4(2-8)12-7(3)11;1-3(5)7-4(2)6;1-2-4-5-3-1;;;/h6,12-13,16-18H,1,7-11H2,2-5H3;5,11-12,14-16H,1,6-10H2,2-4H3;5,11-12,14-17H,1,6-10H2,2-4H3;3,9-16H,1,4-8H2,2H3;3-11H,2H2,1H3;1-2H3;1-4H2;3*1H4/t12-,13?,16?,17-,18+;2*11-,12?,14?,15-,16+;9?,10?,11-,12+,13+;3?,4?,5-,6+,7?;;;;;/m11111...../s1. The zero-order valence-corrected chi connectivity index (χ0v) is 67.7. The number of hydrogen-bond donors (Lipinski definition) is 8. The van der Waals surface area contributed by atoms with Gasteiger partial charge < -0.3 is 112 Å². The van der Waals surface area contributed by atoms with E-state index < -0.39 is 123 Å². The van der Waals surface area contributed by atoms with E-state index >= 15 is 0 Å². The highest BCUT2D eigenvalue weighted by Gasteiger charge is 2.48. The summed E-state index contributed by atoms with van der Waals surface area (Å²) in [6, 6.07) is 0. The minimum Gasteiger partial charge on any atom is -0.463 e. The first kappa shape index (κ1) is 114. The lowest BCUT2D eigenvalue weighted by Gasteiger charge is -2.43. The third-order valence-corrected chi connectivity index (χ3v) is 19.1. The number of nitrogens with zero attached hydrogens (tertiary/aromatic N) is 3. The monoisotopic (exact) mass is 1630 g/mol. The van der Waals surface area contributed by atoms with Crippen molar-refractivity contribution in [3.8, 4) is 0 Å². The van der Waals surface area contributed by atoms with Gasteiger partial charge in [0.15, 0.2) is 31.5 Å². The third kappa shape index (κ3) is 46.3. The van der Waals surface area contributed by atoms with E-state index in [1.165, 1.54) is 54.4 Å². The maximum atomic E-state index is 11.4. The average molecular weight is 1630 g/mol. The summed E-state index contributed by atoms with van der Waals surface area (Å²) in [7, 11) is 0. The van der Waals surface area contributed by atoms with Crippen LogP contribution in [0.15, 0.2) is 55.7 Å². The maximum Gasteiger partial charge on any atom is 0.310 e. The van der Waals surface area contributed by atoms with Crippen LogP contribution in [0.4, 0.5) is 0 Å². The van der Waals surface area contributed by atoms with Gasteiger partial charge in [-0.25, -0.2) is 0 Å². The van der Waals surface area contributed by atoms with Crippen LogP contribution in [0.25, 0.3) is 10.4 Å². The minimum atomic E-state index is -1.13. The number of ether oxygens (including phenoxy) is 15. The molecule has 8 N–H and O–H groups in total. The second-order valence-corrected chi connectivity index (χ2v) is 28.1. The molecular formula is C81H149N3O29. The maximum absolute atomic E-state index is 11.4. The normalized spacial score (nSPS) is 31.2. The fourth-order valence-electron chi connectivity index (χ4n) is 11.9. The van der Waals surface area contributed by atoms with Crippen LogP contribution in [0.5, 0.6) is 0 Å². The summed E-state index contributed by atoms with van der Waals surface area (Å²) in [5.41, 5.74) is 8.53. The Bertz CT molecular complexity index is 2570. The zero-order chi connectivity index (χ0) is 83.4. The Kier molecular flexibility index (Phi) is 67.1. The fraction of sp³-hybridized carbons (Fsp3) is 0.827. The highest BCUT2D eigenvalue weighted by atomic mass is 16.7. The molecule has 0 saturated carbocycles. The van der Waals surface area contributed by atoms with Gasteiger partial charge in [0, 0.05) is 133 Å². The van der Waals surface area contributed by atoms with Crippen LogP contribution in [0.2, 0.25) is 0 Å². The molecule has 32 nitrogen and oxygen atoms in total. The van der Waals surface area contributed by atoms with Gasteiger partial charge in [-0.2, -0.15) is 0 Å². The molecule has 6 fully saturated rings. The number of rotatable bonds is 34. The summed E-state index contributed by atoms with van der Waals surface area (Å²) in [5.74, 6) is -3.11. The molecule has 113 heavy (non-hydrogen) atoms. The molecule has 6 aliphatic heterocycles. The molecule has 0 amide bonds. The lowest BCUT2D eigenvalue weighted by molar-refractivity contribution is -0.282. The lowest BCUT2D eigenvalue weighted by Crippen LogP contribution is -2.55. The van der Waals surface area contributed by atoms with Crippen molar-refractivity contribution in [1.29, 1.82) is 0 Å². The number of azide groups is 1. The number of allylic oxidation sites excluding steroid dienone is 4. The quantitative estimate of drug-likeness (QED) is 0.00434. The molecule has 11 unspecified atom stereocenters. The summed E-state index contributed by atoms with van der Waals surface area (Å²) in [6.45, 7) is 41.4. The van der Waals surface area contributed by atoms with Gasteiger partial charge in [-0.1, -0.05) is 107 Å². The lowest BCUT2D eigenvalue weighted by atomic mass is 9.84. The average Bonchev–Trinajstić information content (AvgIpc) is 0.972. The van der Waals surface area contributed by atoms with Gasteiger partial charge in [0.2, 0.25) is 0 Å². The summed E-state index contributed by atoms with van der Waals surface area (Å²) >= 11 is 0. The van der Waals surface area contributed by atoms with Gasteiger partial charge in [-0.15, -0.1) is 26.3 Å². The molecular weight excluding hydrogens is 1480 g/mol. The molecule has 0 radical (unpaired) electrons. The molecule has 6 rings (SSSR count). The van der Waals surface area contributed by atoms with Crippen LogP contribution in [0, 0.1) is 47.3 Å².